The van der Waals surface area contributed by atoms with E-state index in [1.54, 1.807) is 17.4 Å². The van der Waals surface area contributed by atoms with Crippen molar-refractivity contribution in [2.45, 2.75) is 13.5 Å². The monoisotopic (exact) mass is 330 g/mol. The molecule has 0 unspecified atom stereocenters. The molecular weight excluding hydrogens is 316 g/mol. The van der Waals surface area contributed by atoms with Crippen molar-refractivity contribution in [3.05, 3.63) is 45.1 Å². The summed E-state index contributed by atoms with van der Waals surface area (Å²) >= 11 is 7.47. The van der Waals surface area contributed by atoms with E-state index in [4.69, 9.17) is 11.6 Å². The van der Waals surface area contributed by atoms with Gasteiger partial charge in [0, 0.05) is 22.5 Å². The molecule has 2 rings (SSSR count). The zero-order chi connectivity index (χ0) is 14.8. The second-order valence-electron chi connectivity index (χ2n) is 4.49. The molecule has 0 atom stereocenters. The van der Waals surface area contributed by atoms with E-state index in [-0.39, 0.29) is 0 Å². The summed E-state index contributed by atoms with van der Waals surface area (Å²) < 4.78 is 24.9. The van der Waals surface area contributed by atoms with E-state index in [0.29, 0.717) is 12.2 Å². The Hall–Kier alpha value is -1.24. The lowest BCUT2D eigenvalue weighted by Crippen LogP contribution is -2.10. The van der Waals surface area contributed by atoms with Gasteiger partial charge in [0.25, 0.3) is 0 Å². The molecule has 1 heterocycles. The molecule has 7 heteroatoms. The van der Waals surface area contributed by atoms with Gasteiger partial charge in [-0.25, -0.2) is 8.42 Å². The van der Waals surface area contributed by atoms with Crippen molar-refractivity contribution in [1.82, 2.24) is 0 Å². The number of hydrogen-bond donors (Lipinski definition) is 2. The predicted octanol–water partition coefficient (Wildman–Crippen LogP) is 3.69. The van der Waals surface area contributed by atoms with Gasteiger partial charge < -0.3 is 5.32 Å². The summed E-state index contributed by atoms with van der Waals surface area (Å²) in [6.07, 6.45) is 1.14. The van der Waals surface area contributed by atoms with Gasteiger partial charge in [-0.1, -0.05) is 11.6 Å². The zero-order valence-corrected chi connectivity index (χ0v) is 13.5. The lowest BCUT2D eigenvalue weighted by molar-refractivity contribution is 0.607. The normalized spacial score (nSPS) is 11.3. The first-order valence-corrected chi connectivity index (χ1v) is 9.03. The largest absolute Gasteiger partial charge is 0.380 e. The van der Waals surface area contributed by atoms with Crippen LogP contribution >= 0.6 is 22.9 Å². The van der Waals surface area contributed by atoms with Crippen molar-refractivity contribution in [2.24, 2.45) is 0 Å². The third-order valence-corrected chi connectivity index (χ3v) is 4.49. The first kappa shape index (κ1) is 15.2. The van der Waals surface area contributed by atoms with Gasteiger partial charge in [0.15, 0.2) is 0 Å². The number of anilines is 2. The number of benzene rings is 1. The fourth-order valence-electron chi connectivity index (χ4n) is 1.72. The fraction of sp³-hybridized carbons (Fsp3) is 0.231. The van der Waals surface area contributed by atoms with Gasteiger partial charge in [0.05, 0.1) is 17.0 Å². The van der Waals surface area contributed by atoms with E-state index in [9.17, 15) is 8.42 Å². The topological polar surface area (TPSA) is 58.2 Å². The average molecular weight is 331 g/mol. The Labute approximate surface area is 127 Å². The third kappa shape index (κ3) is 4.40. The molecule has 1 aromatic carbocycles. The minimum absolute atomic E-state index is 0.595. The fourth-order valence-corrected chi connectivity index (χ4v) is 3.36. The second kappa shape index (κ2) is 6.03. The molecule has 0 fully saturated rings. The van der Waals surface area contributed by atoms with Crippen LogP contribution in [-0.4, -0.2) is 14.7 Å². The van der Waals surface area contributed by atoms with Gasteiger partial charge in [-0.05, 0) is 36.8 Å². The third-order valence-electron chi connectivity index (χ3n) is 2.61. The van der Waals surface area contributed by atoms with Crippen molar-refractivity contribution in [1.29, 1.82) is 0 Å². The molecule has 1 aromatic heterocycles. The Bertz CT molecular complexity index is 711. The van der Waals surface area contributed by atoms with E-state index in [2.05, 4.69) is 10.0 Å². The van der Waals surface area contributed by atoms with Gasteiger partial charge in [-0.3, -0.25) is 4.72 Å². The van der Waals surface area contributed by atoms with Crippen LogP contribution in [0.5, 0.6) is 0 Å². The summed E-state index contributed by atoms with van der Waals surface area (Å²) in [5, 5.41) is 5.92. The molecule has 0 saturated heterocycles. The van der Waals surface area contributed by atoms with Crippen LogP contribution in [0.3, 0.4) is 0 Å². The maximum atomic E-state index is 11.2. The summed E-state index contributed by atoms with van der Waals surface area (Å²) in [6, 6.07) is 7.42. The Balaban J connectivity index is 2.05. The second-order valence-corrected chi connectivity index (χ2v) is 7.67. The summed E-state index contributed by atoms with van der Waals surface area (Å²) in [6.45, 7) is 2.55. The number of halogens is 1. The Morgan fingerprint density at radius 3 is 2.60 bits per heavy atom. The minimum atomic E-state index is -3.25. The average Bonchev–Trinajstić information content (AvgIpc) is 2.74. The van der Waals surface area contributed by atoms with E-state index in [0.717, 1.165) is 27.4 Å². The van der Waals surface area contributed by atoms with Gasteiger partial charge >= 0.3 is 0 Å². The van der Waals surface area contributed by atoms with Gasteiger partial charge in [-0.2, -0.15) is 0 Å². The molecule has 20 heavy (non-hydrogen) atoms. The molecule has 0 aliphatic carbocycles. The molecule has 0 saturated carbocycles. The van der Waals surface area contributed by atoms with Gasteiger partial charge in [0.1, 0.15) is 0 Å². The zero-order valence-electron chi connectivity index (χ0n) is 11.1. The van der Waals surface area contributed by atoms with E-state index in [1.807, 2.05) is 30.5 Å². The van der Waals surface area contributed by atoms with Crippen LogP contribution in [0.2, 0.25) is 5.02 Å². The summed E-state index contributed by atoms with van der Waals surface area (Å²) in [5.41, 5.74) is 2.40. The van der Waals surface area contributed by atoms with E-state index >= 15 is 0 Å². The number of hydrogen-bond acceptors (Lipinski definition) is 4. The van der Waals surface area contributed by atoms with Gasteiger partial charge in [0.2, 0.25) is 10.0 Å². The highest BCUT2D eigenvalue weighted by Gasteiger charge is 2.06. The van der Waals surface area contributed by atoms with Crippen LogP contribution in [0.4, 0.5) is 11.4 Å². The van der Waals surface area contributed by atoms with Crippen molar-refractivity contribution in [3.8, 4) is 0 Å². The number of thiophene rings is 1. The van der Waals surface area contributed by atoms with Crippen molar-refractivity contribution in [2.75, 3.05) is 16.3 Å². The molecule has 0 amide bonds. The van der Waals surface area contributed by atoms with Crippen LogP contribution in [0, 0.1) is 6.92 Å². The maximum absolute atomic E-state index is 11.2. The van der Waals surface area contributed by atoms with Crippen molar-refractivity contribution >= 4 is 44.3 Å². The lowest BCUT2D eigenvalue weighted by Gasteiger charge is -2.11. The first-order valence-electron chi connectivity index (χ1n) is 5.89. The molecular formula is C13H15ClN2O2S2. The van der Waals surface area contributed by atoms with E-state index in [1.165, 1.54) is 0 Å². The lowest BCUT2D eigenvalue weighted by atomic mass is 10.2. The maximum Gasteiger partial charge on any atom is 0.229 e. The standard InChI is InChI=1S/C13H15ClN2O2S2/c1-9-5-11(3-4-13(9)16-20(2,17)18)15-7-12-6-10(14)8-19-12/h3-6,8,15-16H,7H2,1-2H3. The van der Waals surface area contributed by atoms with Crippen molar-refractivity contribution in [3.63, 3.8) is 0 Å². The quantitative estimate of drug-likeness (QED) is 0.879. The minimum Gasteiger partial charge on any atom is -0.380 e. The Morgan fingerprint density at radius 2 is 2.05 bits per heavy atom. The molecule has 4 nitrogen and oxygen atoms in total. The summed E-state index contributed by atoms with van der Waals surface area (Å²) in [5.74, 6) is 0. The van der Waals surface area contributed by atoms with Crippen LogP contribution in [0.25, 0.3) is 0 Å². The van der Waals surface area contributed by atoms with Crippen LogP contribution < -0.4 is 10.0 Å². The highest BCUT2D eigenvalue weighted by molar-refractivity contribution is 7.92. The molecule has 0 aliphatic heterocycles. The van der Waals surface area contributed by atoms with Crippen molar-refractivity contribution < 1.29 is 8.42 Å². The molecule has 2 aromatic rings. The molecule has 108 valence electrons. The van der Waals surface area contributed by atoms with E-state index < -0.39 is 10.0 Å². The van der Waals surface area contributed by atoms with Crippen LogP contribution in [0.1, 0.15) is 10.4 Å². The highest BCUT2D eigenvalue weighted by Crippen LogP contribution is 2.23. The molecule has 0 aliphatic rings. The molecule has 0 bridgehead atoms. The van der Waals surface area contributed by atoms with Crippen LogP contribution in [-0.2, 0) is 16.6 Å². The summed E-state index contributed by atoms with van der Waals surface area (Å²) in [7, 11) is -3.25. The van der Waals surface area contributed by atoms with Crippen LogP contribution in [0.15, 0.2) is 29.6 Å². The summed E-state index contributed by atoms with van der Waals surface area (Å²) in [4.78, 5) is 1.14. The molecule has 2 N–H and O–H groups in total. The first-order chi connectivity index (χ1) is 9.33. The molecule has 0 spiro atoms. The number of nitrogens with one attached hydrogen (secondary N) is 2. The smallest absolute Gasteiger partial charge is 0.229 e. The highest BCUT2D eigenvalue weighted by atomic mass is 35.5. The Morgan fingerprint density at radius 1 is 1.30 bits per heavy atom. The molecule has 0 radical (unpaired) electrons. The van der Waals surface area contributed by atoms with Gasteiger partial charge in [-0.15, -0.1) is 11.3 Å². The Kier molecular flexibility index (Phi) is 4.57. The number of sulfonamides is 1. The predicted molar refractivity (Wildman–Crippen MR) is 86.3 cm³/mol. The number of aryl methyl sites for hydroxylation is 1. The number of rotatable bonds is 5. The SMILES string of the molecule is Cc1cc(NCc2cc(Cl)cs2)ccc1NS(C)(=O)=O.